The van der Waals surface area contributed by atoms with Crippen molar-refractivity contribution in [3.8, 4) is 5.75 Å². The van der Waals surface area contributed by atoms with Crippen LogP contribution in [0.15, 0.2) is 18.2 Å². The second-order valence-corrected chi connectivity index (χ2v) is 7.08. The van der Waals surface area contributed by atoms with Gasteiger partial charge in [0.05, 0.1) is 7.11 Å². The van der Waals surface area contributed by atoms with E-state index < -0.39 is 0 Å². The minimum absolute atomic E-state index is 0.0572. The van der Waals surface area contributed by atoms with Crippen molar-refractivity contribution in [2.45, 2.75) is 44.1 Å². The highest BCUT2D eigenvalue weighted by molar-refractivity contribution is 5.83. The number of piperidine rings is 1. The van der Waals surface area contributed by atoms with E-state index in [4.69, 9.17) is 4.74 Å². The molecule has 4 rings (SSSR count). The van der Waals surface area contributed by atoms with Crippen LogP contribution in [0.3, 0.4) is 0 Å². The first-order valence-corrected chi connectivity index (χ1v) is 8.07. The summed E-state index contributed by atoms with van der Waals surface area (Å²) in [4.78, 5) is 12.5. The van der Waals surface area contributed by atoms with Gasteiger partial charge in [-0.1, -0.05) is 13.0 Å². The van der Waals surface area contributed by atoms with Crippen molar-refractivity contribution in [2.75, 3.05) is 13.7 Å². The molecule has 1 saturated heterocycles. The molecule has 4 atom stereocenters. The number of carbonyl (C=O) groups is 1. The minimum Gasteiger partial charge on any atom is -0.497 e. The topological polar surface area (TPSA) is 38.3 Å². The molecule has 2 aliphatic carbocycles. The fraction of sp³-hybridized carbons (Fsp3) is 0.611. The van der Waals surface area contributed by atoms with Gasteiger partial charge in [-0.15, -0.1) is 0 Å². The van der Waals surface area contributed by atoms with Crippen LogP contribution in [0.25, 0.3) is 0 Å². The molecule has 1 saturated carbocycles. The van der Waals surface area contributed by atoms with Crippen molar-refractivity contribution in [1.29, 1.82) is 0 Å². The Labute approximate surface area is 126 Å². The minimum atomic E-state index is 0.0572. The molecule has 0 amide bonds. The molecule has 3 aliphatic rings. The first-order valence-electron chi connectivity index (χ1n) is 8.07. The largest absolute Gasteiger partial charge is 0.497 e. The fourth-order valence-corrected chi connectivity index (χ4v) is 5.01. The SMILES string of the molecule is COc1ccc2c(c1)[C@]13CCN[C@H](C2)[C@@H]1C[C@H](C)C(=O)C3. The van der Waals surface area contributed by atoms with Gasteiger partial charge in [0, 0.05) is 23.8 Å². The molecule has 21 heavy (non-hydrogen) atoms. The zero-order valence-corrected chi connectivity index (χ0v) is 12.8. The Kier molecular flexibility index (Phi) is 2.90. The van der Waals surface area contributed by atoms with Gasteiger partial charge in [-0.25, -0.2) is 0 Å². The summed E-state index contributed by atoms with van der Waals surface area (Å²) >= 11 is 0. The lowest BCUT2D eigenvalue weighted by Gasteiger charge is -2.56. The van der Waals surface area contributed by atoms with Crippen molar-refractivity contribution in [3.63, 3.8) is 0 Å². The zero-order chi connectivity index (χ0) is 14.6. The second kappa shape index (κ2) is 4.57. The van der Waals surface area contributed by atoms with Crippen LogP contribution in [0.2, 0.25) is 0 Å². The lowest BCUT2D eigenvalue weighted by Crippen LogP contribution is -2.61. The van der Waals surface area contributed by atoms with Crippen LogP contribution in [0.1, 0.15) is 37.3 Å². The van der Waals surface area contributed by atoms with Gasteiger partial charge in [-0.2, -0.15) is 0 Å². The molecular formula is C18H23NO2. The van der Waals surface area contributed by atoms with Crippen LogP contribution < -0.4 is 10.1 Å². The Bertz CT molecular complexity index is 597. The third-order valence-corrected chi connectivity index (χ3v) is 6.11. The summed E-state index contributed by atoms with van der Waals surface area (Å²) in [5, 5.41) is 3.71. The third kappa shape index (κ3) is 1.80. The Morgan fingerprint density at radius 1 is 1.38 bits per heavy atom. The van der Waals surface area contributed by atoms with Crippen molar-refractivity contribution < 1.29 is 9.53 Å². The van der Waals surface area contributed by atoms with E-state index in [1.54, 1.807) is 7.11 Å². The predicted octanol–water partition coefficient (Wildman–Crippen LogP) is 2.47. The van der Waals surface area contributed by atoms with Gasteiger partial charge in [-0.05, 0) is 55.0 Å². The van der Waals surface area contributed by atoms with Crippen LogP contribution in [-0.2, 0) is 16.6 Å². The molecule has 1 aromatic rings. The number of fused-ring (bicyclic) bond motifs is 1. The first-order chi connectivity index (χ1) is 10.1. The molecule has 3 nitrogen and oxygen atoms in total. The van der Waals surface area contributed by atoms with Crippen LogP contribution in [0, 0.1) is 11.8 Å². The first kappa shape index (κ1) is 13.3. The number of hydrogen-bond donors (Lipinski definition) is 1. The molecule has 0 radical (unpaired) electrons. The van der Waals surface area contributed by atoms with Crippen LogP contribution in [-0.4, -0.2) is 25.5 Å². The lowest BCUT2D eigenvalue weighted by atomic mass is 9.51. The van der Waals surface area contributed by atoms with Gasteiger partial charge < -0.3 is 10.1 Å². The van der Waals surface area contributed by atoms with Crippen LogP contribution >= 0.6 is 0 Å². The van der Waals surface area contributed by atoms with Gasteiger partial charge in [0.15, 0.2) is 0 Å². The highest BCUT2D eigenvalue weighted by Gasteiger charge is 2.54. The van der Waals surface area contributed by atoms with Crippen molar-refractivity contribution in [1.82, 2.24) is 5.32 Å². The molecule has 1 aliphatic heterocycles. The number of hydrogen-bond acceptors (Lipinski definition) is 3. The van der Waals surface area contributed by atoms with Gasteiger partial charge in [0.1, 0.15) is 11.5 Å². The highest BCUT2D eigenvalue weighted by Crippen LogP contribution is 2.54. The molecule has 0 spiro atoms. The van der Waals surface area contributed by atoms with Gasteiger partial charge >= 0.3 is 0 Å². The van der Waals surface area contributed by atoms with E-state index >= 15 is 0 Å². The summed E-state index contributed by atoms with van der Waals surface area (Å²) in [6.07, 6.45) is 3.92. The summed E-state index contributed by atoms with van der Waals surface area (Å²) in [5.41, 5.74) is 2.86. The van der Waals surface area contributed by atoms with E-state index in [1.807, 2.05) is 0 Å². The van der Waals surface area contributed by atoms with E-state index in [2.05, 4.69) is 30.4 Å². The number of ketones is 1. The monoisotopic (exact) mass is 285 g/mol. The lowest BCUT2D eigenvalue weighted by molar-refractivity contribution is -0.129. The Morgan fingerprint density at radius 3 is 3.05 bits per heavy atom. The van der Waals surface area contributed by atoms with Gasteiger partial charge in [0.2, 0.25) is 0 Å². The number of carbonyl (C=O) groups excluding carboxylic acids is 1. The molecule has 1 heterocycles. The fourth-order valence-electron chi connectivity index (χ4n) is 5.01. The molecule has 0 aromatic heterocycles. The smallest absolute Gasteiger partial charge is 0.136 e. The zero-order valence-electron chi connectivity index (χ0n) is 12.8. The average Bonchev–Trinajstić information content (AvgIpc) is 2.48. The molecule has 0 unspecified atom stereocenters. The average molecular weight is 285 g/mol. The number of ether oxygens (including phenoxy) is 1. The maximum Gasteiger partial charge on any atom is 0.136 e. The van der Waals surface area contributed by atoms with Crippen molar-refractivity contribution >= 4 is 5.78 Å². The van der Waals surface area contributed by atoms with E-state index in [9.17, 15) is 4.79 Å². The molecule has 1 aromatic carbocycles. The molecule has 2 bridgehead atoms. The maximum absolute atomic E-state index is 12.5. The Morgan fingerprint density at radius 2 is 2.24 bits per heavy atom. The number of benzene rings is 1. The molecular weight excluding hydrogens is 262 g/mol. The highest BCUT2D eigenvalue weighted by atomic mass is 16.5. The summed E-state index contributed by atoms with van der Waals surface area (Å²) in [6, 6.07) is 7.00. The normalized spacial score (nSPS) is 37.6. The number of rotatable bonds is 1. The van der Waals surface area contributed by atoms with E-state index in [0.717, 1.165) is 38.0 Å². The summed E-state index contributed by atoms with van der Waals surface area (Å²) in [7, 11) is 1.72. The van der Waals surface area contributed by atoms with Crippen molar-refractivity contribution in [2.24, 2.45) is 11.8 Å². The van der Waals surface area contributed by atoms with E-state index in [0.29, 0.717) is 17.7 Å². The molecule has 1 N–H and O–H groups in total. The summed E-state index contributed by atoms with van der Waals surface area (Å²) < 4.78 is 5.44. The molecule has 112 valence electrons. The van der Waals surface area contributed by atoms with Crippen LogP contribution in [0.4, 0.5) is 0 Å². The standard InChI is InChI=1S/C18H23NO2/c1-11-7-15-16-8-12-3-4-13(21-2)9-14(12)18(15,5-6-19-16)10-17(11)20/h3-4,9,11,15-16,19H,5-8,10H2,1-2H3/t11-,15-,16+,18+/m0/s1. The summed E-state index contributed by atoms with van der Waals surface area (Å²) in [5.74, 6) is 2.18. The van der Waals surface area contributed by atoms with Gasteiger partial charge in [0.25, 0.3) is 0 Å². The number of methoxy groups -OCH3 is 1. The molecule has 2 fully saturated rings. The third-order valence-electron chi connectivity index (χ3n) is 6.11. The Hall–Kier alpha value is -1.35. The van der Waals surface area contributed by atoms with E-state index in [-0.39, 0.29) is 11.3 Å². The van der Waals surface area contributed by atoms with Crippen molar-refractivity contribution in [3.05, 3.63) is 29.3 Å². The summed E-state index contributed by atoms with van der Waals surface area (Å²) in [6.45, 7) is 3.13. The second-order valence-electron chi connectivity index (χ2n) is 7.08. The number of Topliss-reactive ketones (excluding diaryl/α,β-unsaturated/α-hetero) is 1. The quantitative estimate of drug-likeness (QED) is 0.861. The van der Waals surface area contributed by atoms with Gasteiger partial charge in [-0.3, -0.25) is 4.79 Å². The Balaban J connectivity index is 1.88. The van der Waals surface area contributed by atoms with Crippen LogP contribution in [0.5, 0.6) is 5.75 Å². The predicted molar refractivity (Wildman–Crippen MR) is 81.7 cm³/mol. The molecule has 3 heteroatoms. The number of nitrogens with one attached hydrogen (secondary N) is 1. The maximum atomic E-state index is 12.5. The van der Waals surface area contributed by atoms with E-state index in [1.165, 1.54) is 11.1 Å².